The molecule has 3 aromatic heterocycles. The summed E-state index contributed by atoms with van der Waals surface area (Å²) in [4.78, 5) is 10.2. The van der Waals surface area contributed by atoms with Crippen LogP contribution in [-0.4, -0.2) is 19.6 Å². The Balaban J connectivity index is 1.02. The molecule has 0 bridgehead atoms. The molecule has 0 aliphatic carbocycles. The Morgan fingerprint density at radius 3 is 1.30 bits per heavy atom. The van der Waals surface area contributed by atoms with Gasteiger partial charge in [-0.25, -0.2) is 14.5 Å². The Labute approximate surface area is 354 Å². The molecule has 0 saturated carbocycles. The molecule has 0 amide bonds. The van der Waals surface area contributed by atoms with Crippen molar-refractivity contribution >= 4 is 16.3 Å². The van der Waals surface area contributed by atoms with E-state index >= 15 is 0 Å². The van der Waals surface area contributed by atoms with E-state index in [-0.39, 0.29) is 0 Å². The fourth-order valence-electron chi connectivity index (χ4n) is 8.37. The molecule has 11 aromatic rings. The Kier molecular flexibility index (Phi) is 9.14. The first-order valence-corrected chi connectivity index (χ1v) is 20.6. The Morgan fingerprint density at radius 1 is 0.311 bits per heavy atom. The van der Waals surface area contributed by atoms with Crippen LogP contribution in [0.4, 0.5) is 0 Å². The fraction of sp³-hybridized carbons (Fsp3) is 0. The van der Waals surface area contributed by atoms with Crippen LogP contribution < -0.4 is 0 Å². The van der Waals surface area contributed by atoms with Crippen LogP contribution in [0.3, 0.4) is 0 Å². The molecule has 3 heterocycles. The Hall–Kier alpha value is -8.21. The molecule has 0 aliphatic rings. The van der Waals surface area contributed by atoms with Gasteiger partial charge < -0.3 is 0 Å². The van der Waals surface area contributed by atoms with Crippen LogP contribution in [0.5, 0.6) is 0 Å². The van der Waals surface area contributed by atoms with Gasteiger partial charge in [0.15, 0.2) is 5.82 Å². The highest BCUT2D eigenvalue weighted by Gasteiger charge is 2.22. The predicted octanol–water partition coefficient (Wildman–Crippen LogP) is 14.6. The van der Waals surface area contributed by atoms with Gasteiger partial charge in [0.25, 0.3) is 0 Å². The van der Waals surface area contributed by atoms with Gasteiger partial charge in [-0.1, -0.05) is 212 Å². The fourth-order valence-corrected chi connectivity index (χ4v) is 8.37. The lowest BCUT2D eigenvalue weighted by Gasteiger charge is -2.13. The second-order valence-corrected chi connectivity index (χ2v) is 15.3. The standard InChI is InChI=1S/C57H38N4/c1-6-16-39(17-7-1)40-26-30-42(31-27-40)51-38-52(59-57(58-51)47-24-14-5-15-25-47)43-32-28-41(29-33-43)48-34-35-50-49(36-48)37-53(44-18-8-2-9-19-44)61-56(50)54(45-20-10-3-11-21-45)55(60-61)46-22-12-4-13-23-46/h1-38H. The van der Waals surface area contributed by atoms with Gasteiger partial charge in [-0.05, 0) is 51.4 Å². The maximum absolute atomic E-state index is 5.38. The lowest BCUT2D eigenvalue weighted by Crippen LogP contribution is -1.96. The quantitative estimate of drug-likeness (QED) is 0.154. The molecule has 0 unspecified atom stereocenters. The van der Waals surface area contributed by atoms with Gasteiger partial charge in [-0.15, -0.1) is 0 Å². The summed E-state index contributed by atoms with van der Waals surface area (Å²) >= 11 is 0. The van der Waals surface area contributed by atoms with E-state index in [2.05, 4.69) is 211 Å². The van der Waals surface area contributed by atoms with Crippen molar-refractivity contribution in [3.8, 4) is 89.8 Å². The summed E-state index contributed by atoms with van der Waals surface area (Å²) in [5.74, 6) is 0.699. The van der Waals surface area contributed by atoms with Crippen LogP contribution in [-0.2, 0) is 0 Å². The van der Waals surface area contributed by atoms with Gasteiger partial charge in [0.2, 0.25) is 0 Å². The zero-order valence-corrected chi connectivity index (χ0v) is 33.2. The lowest BCUT2D eigenvalue weighted by atomic mass is 9.95. The minimum atomic E-state index is 0.699. The molecule has 61 heavy (non-hydrogen) atoms. The van der Waals surface area contributed by atoms with E-state index in [0.717, 1.165) is 89.1 Å². The van der Waals surface area contributed by atoms with Gasteiger partial charge in [0, 0.05) is 38.8 Å². The summed E-state index contributed by atoms with van der Waals surface area (Å²) in [6.07, 6.45) is 0. The van der Waals surface area contributed by atoms with Gasteiger partial charge in [-0.3, -0.25) is 0 Å². The SMILES string of the molecule is c1ccc(-c2ccc(-c3cc(-c4ccc(-c5ccc6c(c5)cc(-c5ccccc5)n5nc(-c7ccccc7)c(-c7ccccc7)c65)cc4)nc(-c4ccccc4)n3)cc2)cc1. The topological polar surface area (TPSA) is 43.1 Å². The number of hydrogen-bond acceptors (Lipinski definition) is 3. The van der Waals surface area contributed by atoms with Gasteiger partial charge in [-0.2, -0.15) is 5.10 Å². The lowest BCUT2D eigenvalue weighted by molar-refractivity contribution is 0.979. The van der Waals surface area contributed by atoms with Crippen molar-refractivity contribution in [1.82, 2.24) is 19.6 Å². The van der Waals surface area contributed by atoms with E-state index in [4.69, 9.17) is 15.1 Å². The normalized spacial score (nSPS) is 11.3. The average molecular weight is 779 g/mol. The molecule has 0 atom stereocenters. The third kappa shape index (κ3) is 6.86. The number of hydrogen-bond donors (Lipinski definition) is 0. The molecule has 0 fully saturated rings. The maximum atomic E-state index is 5.38. The smallest absolute Gasteiger partial charge is 0.160 e. The summed E-state index contributed by atoms with van der Waals surface area (Å²) in [6.45, 7) is 0. The molecular weight excluding hydrogens is 741 g/mol. The van der Waals surface area contributed by atoms with Crippen LogP contribution in [0.25, 0.3) is 106 Å². The van der Waals surface area contributed by atoms with Crippen LogP contribution in [0.2, 0.25) is 0 Å². The first kappa shape index (κ1) is 35.9. The van der Waals surface area contributed by atoms with Crippen molar-refractivity contribution in [3.05, 3.63) is 231 Å². The van der Waals surface area contributed by atoms with Gasteiger partial charge in [0.05, 0.1) is 22.6 Å². The summed E-state index contributed by atoms with van der Waals surface area (Å²) in [5.41, 5.74) is 17.0. The van der Waals surface area contributed by atoms with E-state index in [9.17, 15) is 0 Å². The highest BCUT2D eigenvalue weighted by atomic mass is 15.2. The molecule has 4 nitrogen and oxygen atoms in total. The summed E-state index contributed by atoms with van der Waals surface area (Å²) in [6, 6.07) is 81.0. The highest BCUT2D eigenvalue weighted by Crippen LogP contribution is 2.42. The van der Waals surface area contributed by atoms with E-state index in [1.54, 1.807) is 0 Å². The first-order valence-electron chi connectivity index (χ1n) is 20.6. The first-order chi connectivity index (χ1) is 30.2. The summed E-state index contributed by atoms with van der Waals surface area (Å²) in [5, 5.41) is 7.67. The number of nitrogens with zero attached hydrogens (tertiary/aromatic N) is 4. The molecule has 0 radical (unpaired) electrons. The van der Waals surface area contributed by atoms with Gasteiger partial charge in [0.1, 0.15) is 5.69 Å². The minimum Gasteiger partial charge on any atom is -0.231 e. The molecule has 4 heteroatoms. The molecule has 0 aliphatic heterocycles. The van der Waals surface area contributed by atoms with E-state index in [1.165, 1.54) is 11.1 Å². The molecule has 0 spiro atoms. The van der Waals surface area contributed by atoms with Crippen LogP contribution in [0.1, 0.15) is 0 Å². The molecular formula is C57H38N4. The summed E-state index contributed by atoms with van der Waals surface area (Å²) < 4.78 is 2.15. The third-order valence-corrected chi connectivity index (χ3v) is 11.5. The largest absolute Gasteiger partial charge is 0.231 e. The van der Waals surface area contributed by atoms with Gasteiger partial charge >= 0.3 is 0 Å². The Bertz CT molecular complexity index is 3290. The van der Waals surface area contributed by atoms with Crippen LogP contribution in [0.15, 0.2) is 231 Å². The molecule has 0 saturated heterocycles. The van der Waals surface area contributed by atoms with Crippen molar-refractivity contribution in [3.63, 3.8) is 0 Å². The third-order valence-electron chi connectivity index (χ3n) is 11.5. The zero-order chi connectivity index (χ0) is 40.5. The van der Waals surface area contributed by atoms with E-state index in [0.29, 0.717) is 5.82 Å². The predicted molar refractivity (Wildman–Crippen MR) is 252 cm³/mol. The highest BCUT2D eigenvalue weighted by molar-refractivity contribution is 6.09. The molecule has 286 valence electrons. The second kappa shape index (κ2) is 15.5. The Morgan fingerprint density at radius 2 is 0.738 bits per heavy atom. The molecule has 8 aromatic carbocycles. The number of rotatable bonds is 8. The van der Waals surface area contributed by atoms with Crippen molar-refractivity contribution in [2.24, 2.45) is 0 Å². The van der Waals surface area contributed by atoms with Crippen molar-refractivity contribution in [1.29, 1.82) is 0 Å². The number of benzene rings is 8. The summed E-state index contributed by atoms with van der Waals surface area (Å²) in [7, 11) is 0. The number of aromatic nitrogens is 4. The number of pyridine rings is 1. The van der Waals surface area contributed by atoms with Crippen molar-refractivity contribution in [2.45, 2.75) is 0 Å². The molecule has 11 rings (SSSR count). The van der Waals surface area contributed by atoms with Crippen LogP contribution >= 0.6 is 0 Å². The second-order valence-electron chi connectivity index (χ2n) is 15.3. The van der Waals surface area contributed by atoms with E-state index in [1.807, 2.05) is 24.3 Å². The zero-order valence-electron chi connectivity index (χ0n) is 33.2. The number of fused-ring (bicyclic) bond motifs is 3. The van der Waals surface area contributed by atoms with E-state index < -0.39 is 0 Å². The minimum absolute atomic E-state index is 0.699. The van der Waals surface area contributed by atoms with Crippen LogP contribution in [0, 0.1) is 0 Å². The van der Waals surface area contributed by atoms with Crippen molar-refractivity contribution in [2.75, 3.05) is 0 Å². The average Bonchev–Trinajstić information content (AvgIpc) is 3.76. The monoisotopic (exact) mass is 778 g/mol. The van der Waals surface area contributed by atoms with Crippen molar-refractivity contribution < 1.29 is 0 Å². The molecule has 0 N–H and O–H groups in total. The maximum Gasteiger partial charge on any atom is 0.160 e.